The largest absolute Gasteiger partial charge is 0.378 e. The number of anilines is 1. The molecule has 1 aliphatic rings. The molecule has 2 N–H and O–H groups in total. The zero-order valence-corrected chi connectivity index (χ0v) is 19.0. The average Bonchev–Trinajstić information content (AvgIpc) is 3.37. The number of carbonyl (C=O) groups is 1. The number of hydrogen-bond donors (Lipinski definition) is 2. The van der Waals surface area contributed by atoms with Gasteiger partial charge >= 0.3 is 0 Å². The Kier molecular flexibility index (Phi) is 5.42. The molecule has 33 heavy (non-hydrogen) atoms. The first-order valence-corrected chi connectivity index (χ1v) is 11.1. The summed E-state index contributed by atoms with van der Waals surface area (Å²) in [6.45, 7) is 2.77. The number of carbonyl (C=O) groups excluding carboxylic acids is 1. The highest BCUT2D eigenvalue weighted by atomic mass is 16.1. The van der Waals surface area contributed by atoms with Gasteiger partial charge in [-0.2, -0.15) is 5.10 Å². The van der Waals surface area contributed by atoms with Crippen LogP contribution in [0.1, 0.15) is 29.3 Å². The van der Waals surface area contributed by atoms with Crippen molar-refractivity contribution in [3.63, 3.8) is 0 Å². The van der Waals surface area contributed by atoms with Crippen molar-refractivity contribution in [1.82, 2.24) is 30.1 Å². The fourth-order valence-electron chi connectivity index (χ4n) is 4.51. The molecule has 0 aliphatic carbocycles. The monoisotopic (exact) mass is 441 g/mol. The number of amides is 1. The van der Waals surface area contributed by atoms with Crippen LogP contribution in [-0.2, 0) is 24.8 Å². The van der Waals surface area contributed by atoms with Gasteiger partial charge in [-0.15, -0.1) is 5.10 Å². The van der Waals surface area contributed by atoms with E-state index >= 15 is 0 Å². The zero-order valence-electron chi connectivity index (χ0n) is 19.0. The Hall–Kier alpha value is -3.94. The Labute approximate surface area is 192 Å². The van der Waals surface area contributed by atoms with E-state index in [-0.39, 0.29) is 11.9 Å². The second-order valence-electron chi connectivity index (χ2n) is 8.49. The topological polar surface area (TPSA) is 89.7 Å². The first kappa shape index (κ1) is 20.9. The van der Waals surface area contributed by atoms with Crippen molar-refractivity contribution in [2.75, 3.05) is 12.4 Å². The van der Waals surface area contributed by atoms with Crippen LogP contribution >= 0.6 is 0 Å². The first-order chi connectivity index (χ1) is 16.0. The highest BCUT2D eigenvalue weighted by molar-refractivity contribution is 5.78. The molecule has 2 aromatic heterocycles. The van der Waals surface area contributed by atoms with Gasteiger partial charge in [0.25, 0.3) is 0 Å². The molecule has 168 valence electrons. The molecule has 2 aromatic carbocycles. The van der Waals surface area contributed by atoms with Gasteiger partial charge in [0, 0.05) is 43.7 Å². The summed E-state index contributed by atoms with van der Waals surface area (Å²) in [5.74, 6) is 0.00136. The summed E-state index contributed by atoms with van der Waals surface area (Å²) in [6.07, 6.45) is 5.14. The highest BCUT2D eigenvalue weighted by Crippen LogP contribution is 2.39. The molecule has 3 heterocycles. The maximum Gasteiger partial charge on any atom is 0.224 e. The molecular weight excluding hydrogens is 414 g/mol. The average molecular weight is 442 g/mol. The Morgan fingerprint density at radius 2 is 2.06 bits per heavy atom. The van der Waals surface area contributed by atoms with E-state index in [1.165, 1.54) is 5.56 Å². The van der Waals surface area contributed by atoms with Crippen LogP contribution in [0, 0.1) is 6.92 Å². The Balaban J connectivity index is 1.55. The molecule has 1 amide bonds. The second kappa shape index (κ2) is 8.54. The fraction of sp³-hybridized carbons (Fsp3) is 0.280. The third-order valence-corrected chi connectivity index (χ3v) is 6.16. The van der Waals surface area contributed by atoms with Crippen molar-refractivity contribution in [1.29, 1.82) is 0 Å². The predicted molar refractivity (Wildman–Crippen MR) is 128 cm³/mol. The maximum atomic E-state index is 11.8. The number of likely N-dealkylation sites (N-methyl/N-ethyl adjacent to an activating group) is 1. The van der Waals surface area contributed by atoms with E-state index in [2.05, 4.69) is 50.3 Å². The smallest absolute Gasteiger partial charge is 0.224 e. The van der Waals surface area contributed by atoms with Crippen molar-refractivity contribution in [3.05, 3.63) is 71.7 Å². The van der Waals surface area contributed by atoms with Crippen molar-refractivity contribution in [3.8, 4) is 22.4 Å². The Bertz CT molecular complexity index is 1320. The van der Waals surface area contributed by atoms with E-state index in [1.807, 2.05) is 53.9 Å². The number of benzene rings is 2. The van der Waals surface area contributed by atoms with Crippen LogP contribution in [0.15, 0.2) is 54.9 Å². The van der Waals surface area contributed by atoms with Gasteiger partial charge in [-0.3, -0.25) is 9.48 Å². The molecule has 1 atom stereocenters. The lowest BCUT2D eigenvalue weighted by Crippen LogP contribution is -2.20. The lowest BCUT2D eigenvalue weighted by molar-refractivity contribution is -0.119. The number of hydrogen-bond acceptors (Lipinski definition) is 5. The minimum atomic E-state index is 0.00136. The van der Waals surface area contributed by atoms with Gasteiger partial charge in [0.15, 0.2) is 0 Å². The SMILES string of the molecule is CNC(=O)Cc1cccc(NC2CCn3nnc(C)c3-c3ccc(-c4cnn(C)c4)cc32)c1. The fourth-order valence-corrected chi connectivity index (χ4v) is 4.51. The summed E-state index contributed by atoms with van der Waals surface area (Å²) in [7, 11) is 3.59. The number of nitrogens with zero attached hydrogens (tertiary/aromatic N) is 5. The first-order valence-electron chi connectivity index (χ1n) is 11.1. The van der Waals surface area contributed by atoms with E-state index in [1.54, 1.807) is 7.05 Å². The van der Waals surface area contributed by atoms with Gasteiger partial charge in [-0.25, -0.2) is 4.68 Å². The quantitative estimate of drug-likeness (QED) is 0.495. The van der Waals surface area contributed by atoms with Crippen molar-refractivity contribution in [2.24, 2.45) is 7.05 Å². The summed E-state index contributed by atoms with van der Waals surface area (Å²) >= 11 is 0. The molecular formula is C25H27N7O. The summed E-state index contributed by atoms with van der Waals surface area (Å²) in [6, 6.07) is 14.7. The van der Waals surface area contributed by atoms with Crippen molar-refractivity contribution < 1.29 is 4.79 Å². The molecule has 0 saturated carbocycles. The van der Waals surface area contributed by atoms with E-state index in [9.17, 15) is 4.79 Å². The molecule has 0 spiro atoms. The number of fused-ring (bicyclic) bond motifs is 3. The van der Waals surface area contributed by atoms with E-state index in [0.29, 0.717) is 6.42 Å². The van der Waals surface area contributed by atoms with E-state index in [4.69, 9.17) is 0 Å². The van der Waals surface area contributed by atoms with Crippen LogP contribution < -0.4 is 10.6 Å². The highest BCUT2D eigenvalue weighted by Gasteiger charge is 2.26. The molecule has 8 heteroatoms. The third-order valence-electron chi connectivity index (χ3n) is 6.16. The van der Waals surface area contributed by atoms with Gasteiger partial charge in [-0.1, -0.05) is 29.5 Å². The van der Waals surface area contributed by atoms with Crippen LogP contribution in [-0.4, -0.2) is 37.7 Å². The summed E-state index contributed by atoms with van der Waals surface area (Å²) in [4.78, 5) is 11.8. The molecule has 1 aliphatic heterocycles. The zero-order chi connectivity index (χ0) is 22.9. The summed E-state index contributed by atoms with van der Waals surface area (Å²) in [5.41, 5.74) is 8.52. The Morgan fingerprint density at radius 3 is 2.85 bits per heavy atom. The van der Waals surface area contributed by atoms with E-state index < -0.39 is 0 Å². The van der Waals surface area contributed by atoms with Crippen LogP contribution in [0.25, 0.3) is 22.4 Å². The molecule has 1 unspecified atom stereocenters. The minimum Gasteiger partial charge on any atom is -0.378 e. The summed E-state index contributed by atoms with van der Waals surface area (Å²) < 4.78 is 3.82. The van der Waals surface area contributed by atoms with Gasteiger partial charge in [-0.05, 0) is 48.2 Å². The molecule has 0 radical (unpaired) electrons. The van der Waals surface area contributed by atoms with Crippen molar-refractivity contribution in [2.45, 2.75) is 32.4 Å². The molecule has 0 fully saturated rings. The molecule has 4 aromatic rings. The van der Waals surface area contributed by atoms with Gasteiger partial charge in [0.05, 0.1) is 30.0 Å². The standard InChI is InChI=1S/C25H27N7O/c1-16-25-21-8-7-18(19-14-27-31(3)15-19)13-22(21)23(9-10-32(25)30-29-16)28-20-6-4-5-17(11-20)12-24(33)26-2/h4-8,11,13-15,23,28H,9-10,12H2,1-3H3,(H,26,33). The van der Waals surface area contributed by atoms with Crippen LogP contribution in [0.3, 0.4) is 0 Å². The molecule has 8 nitrogen and oxygen atoms in total. The summed E-state index contributed by atoms with van der Waals surface area (Å²) in [5, 5.41) is 19.4. The van der Waals surface area contributed by atoms with Gasteiger partial charge in [0.2, 0.25) is 5.91 Å². The Morgan fingerprint density at radius 1 is 1.18 bits per heavy atom. The van der Waals surface area contributed by atoms with Crippen molar-refractivity contribution >= 4 is 11.6 Å². The molecule has 0 bridgehead atoms. The number of nitrogens with one attached hydrogen (secondary N) is 2. The van der Waals surface area contributed by atoms with Crippen LogP contribution in [0.2, 0.25) is 0 Å². The number of aryl methyl sites for hydroxylation is 3. The predicted octanol–water partition coefficient (Wildman–Crippen LogP) is 3.50. The second-order valence-corrected chi connectivity index (χ2v) is 8.49. The lowest BCUT2D eigenvalue weighted by atomic mass is 9.93. The number of aromatic nitrogens is 5. The lowest BCUT2D eigenvalue weighted by Gasteiger charge is -2.22. The van der Waals surface area contributed by atoms with Gasteiger partial charge < -0.3 is 10.6 Å². The minimum absolute atomic E-state index is 0.00136. The maximum absolute atomic E-state index is 11.8. The van der Waals surface area contributed by atoms with Gasteiger partial charge in [0.1, 0.15) is 0 Å². The normalized spacial score (nSPS) is 14.8. The molecule has 5 rings (SSSR count). The van der Waals surface area contributed by atoms with E-state index in [0.717, 1.165) is 52.3 Å². The van der Waals surface area contributed by atoms with Crippen LogP contribution in [0.4, 0.5) is 5.69 Å². The number of rotatable bonds is 5. The molecule has 0 saturated heterocycles. The van der Waals surface area contributed by atoms with Crippen LogP contribution in [0.5, 0.6) is 0 Å². The third kappa shape index (κ3) is 4.11.